The van der Waals surface area contributed by atoms with Crippen molar-refractivity contribution in [1.29, 1.82) is 0 Å². The first-order chi connectivity index (χ1) is 13.2. The molecule has 146 valence electrons. The number of aromatic amines is 1. The molecule has 0 atom stereocenters. The summed E-state index contributed by atoms with van der Waals surface area (Å²) in [4.78, 5) is 1.97. The van der Waals surface area contributed by atoms with Gasteiger partial charge in [-0.2, -0.15) is 0 Å². The summed E-state index contributed by atoms with van der Waals surface area (Å²) in [7, 11) is -3.98. The van der Waals surface area contributed by atoms with Gasteiger partial charge in [0.1, 0.15) is 5.67 Å². The first-order valence-electron chi connectivity index (χ1n) is 8.63. The molecule has 28 heavy (non-hydrogen) atoms. The van der Waals surface area contributed by atoms with E-state index in [-0.39, 0.29) is 10.7 Å². The number of halogens is 1. The number of sulfonamides is 1. The molecule has 0 spiro atoms. The third-order valence-electron chi connectivity index (χ3n) is 4.69. The summed E-state index contributed by atoms with van der Waals surface area (Å²) in [6.07, 6.45) is 0. The Hall–Kier alpha value is -2.69. The number of likely N-dealkylation sites (tertiary alicyclic amines) is 1. The molecule has 10 heteroatoms. The highest BCUT2D eigenvalue weighted by atomic mass is 32.2. The quantitative estimate of drug-likeness (QED) is 0.671. The first kappa shape index (κ1) is 18.7. The van der Waals surface area contributed by atoms with Gasteiger partial charge in [0.05, 0.1) is 4.90 Å². The summed E-state index contributed by atoms with van der Waals surface area (Å²) in [6.45, 7) is 3.11. The van der Waals surface area contributed by atoms with Gasteiger partial charge in [-0.05, 0) is 40.1 Å². The van der Waals surface area contributed by atoms with E-state index >= 15 is 0 Å². The van der Waals surface area contributed by atoms with Crippen molar-refractivity contribution in [2.24, 2.45) is 5.14 Å². The van der Waals surface area contributed by atoms with Crippen molar-refractivity contribution in [1.82, 2.24) is 25.5 Å². The molecule has 0 saturated carbocycles. The van der Waals surface area contributed by atoms with E-state index in [1.54, 1.807) is 19.1 Å². The summed E-state index contributed by atoms with van der Waals surface area (Å²) >= 11 is 0. The monoisotopic (exact) mass is 402 g/mol. The third kappa shape index (κ3) is 3.66. The summed E-state index contributed by atoms with van der Waals surface area (Å²) in [6, 6.07) is 12.5. The number of hydrogen-bond donors (Lipinski definition) is 2. The van der Waals surface area contributed by atoms with Crippen molar-refractivity contribution in [2.75, 3.05) is 13.1 Å². The molecule has 1 aliphatic heterocycles. The molecule has 1 fully saturated rings. The van der Waals surface area contributed by atoms with E-state index in [1.807, 2.05) is 29.2 Å². The number of nitrogens with zero attached hydrogens (tertiary/aromatic N) is 4. The second-order valence-electron chi connectivity index (χ2n) is 7.23. The molecule has 1 aromatic heterocycles. The number of benzene rings is 2. The average molecular weight is 402 g/mol. The third-order valence-corrected chi connectivity index (χ3v) is 5.65. The van der Waals surface area contributed by atoms with Crippen LogP contribution in [0.2, 0.25) is 0 Å². The molecule has 0 amide bonds. The minimum absolute atomic E-state index is 0.0598. The van der Waals surface area contributed by atoms with Gasteiger partial charge >= 0.3 is 0 Å². The van der Waals surface area contributed by atoms with Crippen molar-refractivity contribution < 1.29 is 12.8 Å². The lowest BCUT2D eigenvalue weighted by Gasteiger charge is -2.42. The van der Waals surface area contributed by atoms with Crippen molar-refractivity contribution in [3.8, 4) is 22.5 Å². The number of H-pyrrole nitrogens is 1. The van der Waals surface area contributed by atoms with Gasteiger partial charge in [0.15, 0.2) is 5.82 Å². The summed E-state index contributed by atoms with van der Waals surface area (Å²) < 4.78 is 37.8. The van der Waals surface area contributed by atoms with Crippen LogP contribution < -0.4 is 5.14 Å². The Labute approximate surface area is 161 Å². The van der Waals surface area contributed by atoms with Gasteiger partial charge < -0.3 is 0 Å². The number of alkyl halides is 1. The number of rotatable bonds is 5. The fourth-order valence-electron chi connectivity index (χ4n) is 3.56. The molecule has 0 radical (unpaired) electrons. The Morgan fingerprint density at radius 1 is 1.21 bits per heavy atom. The van der Waals surface area contributed by atoms with Crippen LogP contribution in [-0.2, 0) is 16.6 Å². The fourth-order valence-corrected chi connectivity index (χ4v) is 4.32. The second-order valence-corrected chi connectivity index (χ2v) is 8.76. The maximum absolute atomic E-state index is 13.6. The van der Waals surface area contributed by atoms with E-state index in [1.165, 1.54) is 6.07 Å². The zero-order valence-corrected chi connectivity index (χ0v) is 15.9. The number of primary sulfonamides is 1. The lowest BCUT2D eigenvalue weighted by atomic mass is 9.96. The molecule has 1 aliphatic rings. The van der Waals surface area contributed by atoms with Crippen LogP contribution in [0.15, 0.2) is 47.4 Å². The molecule has 2 heterocycles. The van der Waals surface area contributed by atoms with Gasteiger partial charge in [-0.25, -0.2) is 23.0 Å². The maximum Gasteiger partial charge on any atom is 0.238 e. The number of tetrazole rings is 1. The topological polar surface area (TPSA) is 118 Å². The number of aromatic nitrogens is 4. The highest BCUT2D eigenvalue weighted by molar-refractivity contribution is 7.89. The van der Waals surface area contributed by atoms with Crippen LogP contribution in [0, 0.1) is 0 Å². The zero-order valence-electron chi connectivity index (χ0n) is 15.1. The van der Waals surface area contributed by atoms with Crippen molar-refractivity contribution in [2.45, 2.75) is 24.0 Å². The van der Waals surface area contributed by atoms with Crippen LogP contribution in [0.4, 0.5) is 4.39 Å². The molecular formula is C18H19FN6O2S. The SMILES string of the molecule is CC1(F)CN(Cc2ccc(-c3cccc(S(N)(=O)=O)c3-c3nnn[nH]3)cc2)C1. The van der Waals surface area contributed by atoms with Crippen LogP contribution in [0.1, 0.15) is 12.5 Å². The lowest BCUT2D eigenvalue weighted by molar-refractivity contribution is -0.0225. The molecular weight excluding hydrogens is 383 g/mol. The van der Waals surface area contributed by atoms with Crippen molar-refractivity contribution in [3.05, 3.63) is 48.0 Å². The average Bonchev–Trinajstić information content (AvgIpc) is 3.14. The minimum atomic E-state index is -3.98. The second kappa shape index (κ2) is 6.73. The molecule has 1 saturated heterocycles. The van der Waals surface area contributed by atoms with Gasteiger partial charge in [-0.15, -0.1) is 5.10 Å². The van der Waals surface area contributed by atoms with Crippen molar-refractivity contribution >= 4 is 10.0 Å². The highest BCUT2D eigenvalue weighted by Crippen LogP contribution is 2.35. The minimum Gasteiger partial charge on any atom is -0.293 e. The maximum atomic E-state index is 13.6. The first-order valence-corrected chi connectivity index (χ1v) is 10.2. The summed E-state index contributed by atoms with van der Waals surface area (Å²) in [5, 5.41) is 18.9. The molecule has 0 aliphatic carbocycles. The summed E-state index contributed by atoms with van der Waals surface area (Å²) in [5.74, 6) is 0.214. The van der Waals surface area contributed by atoms with E-state index in [0.717, 1.165) is 11.1 Å². The van der Waals surface area contributed by atoms with Crippen molar-refractivity contribution in [3.63, 3.8) is 0 Å². The molecule has 3 aromatic rings. The van der Waals surface area contributed by atoms with Crippen LogP contribution in [0.25, 0.3) is 22.5 Å². The van der Waals surface area contributed by atoms with Gasteiger partial charge in [0.25, 0.3) is 0 Å². The van der Waals surface area contributed by atoms with Crippen LogP contribution in [0.5, 0.6) is 0 Å². The van der Waals surface area contributed by atoms with Gasteiger partial charge in [0.2, 0.25) is 10.0 Å². The number of nitrogens with two attached hydrogens (primary N) is 1. The normalized spacial score (nSPS) is 16.7. The molecule has 2 aromatic carbocycles. The van der Waals surface area contributed by atoms with E-state index in [4.69, 9.17) is 5.14 Å². The van der Waals surface area contributed by atoms with Gasteiger partial charge in [0, 0.05) is 25.2 Å². The molecule has 0 unspecified atom stereocenters. The fraction of sp³-hybridized carbons (Fsp3) is 0.278. The Balaban J connectivity index is 1.69. The predicted octanol–water partition coefficient (Wildman–Crippen LogP) is 1.72. The summed E-state index contributed by atoms with van der Waals surface area (Å²) in [5.41, 5.74) is 1.69. The standard InChI is InChI=1S/C18H19FN6O2S/c1-18(19)10-25(11-18)9-12-5-7-13(8-6-12)14-3-2-4-15(28(20,26)27)16(14)17-21-23-24-22-17/h2-8H,9-11H2,1H3,(H2,20,26,27)(H,21,22,23,24). The van der Waals surface area contributed by atoms with E-state index < -0.39 is 15.7 Å². The Bertz CT molecular complexity index is 1090. The number of hydrogen-bond acceptors (Lipinski definition) is 6. The van der Waals surface area contributed by atoms with E-state index in [9.17, 15) is 12.8 Å². The Kier molecular flexibility index (Phi) is 4.48. The van der Waals surface area contributed by atoms with Crippen LogP contribution >= 0.6 is 0 Å². The molecule has 4 rings (SSSR count). The van der Waals surface area contributed by atoms with Gasteiger partial charge in [-0.1, -0.05) is 36.4 Å². The predicted molar refractivity (Wildman–Crippen MR) is 101 cm³/mol. The Morgan fingerprint density at radius 3 is 2.50 bits per heavy atom. The van der Waals surface area contributed by atoms with E-state index in [2.05, 4.69) is 20.6 Å². The smallest absolute Gasteiger partial charge is 0.238 e. The van der Waals surface area contributed by atoms with E-state index in [0.29, 0.717) is 30.8 Å². The van der Waals surface area contributed by atoms with Gasteiger partial charge in [-0.3, -0.25) is 4.90 Å². The Morgan fingerprint density at radius 2 is 1.93 bits per heavy atom. The zero-order chi connectivity index (χ0) is 19.9. The van der Waals surface area contributed by atoms with Crippen LogP contribution in [0.3, 0.4) is 0 Å². The largest absolute Gasteiger partial charge is 0.293 e. The molecule has 8 nitrogen and oxygen atoms in total. The molecule has 3 N–H and O–H groups in total. The highest BCUT2D eigenvalue weighted by Gasteiger charge is 2.38. The van der Waals surface area contributed by atoms with Crippen LogP contribution in [-0.4, -0.2) is 52.7 Å². The lowest BCUT2D eigenvalue weighted by Crippen LogP contribution is -2.56. The number of nitrogens with one attached hydrogen (secondary N) is 1. The molecule has 0 bridgehead atoms.